The number of hydrogen-bond donors (Lipinski definition) is 1. The van der Waals surface area contributed by atoms with Crippen LogP contribution in [-0.2, 0) is 14.3 Å². The lowest BCUT2D eigenvalue weighted by Crippen LogP contribution is -2.29. The molecule has 29 heavy (non-hydrogen) atoms. The van der Waals surface area contributed by atoms with Gasteiger partial charge in [-0.25, -0.2) is 4.79 Å². The number of benzene rings is 2. The lowest BCUT2D eigenvalue weighted by molar-refractivity contribution is -0.127. The highest BCUT2D eigenvalue weighted by Gasteiger charge is 2.20. The van der Waals surface area contributed by atoms with Crippen molar-refractivity contribution in [2.24, 2.45) is 0 Å². The maximum Gasteiger partial charge on any atom is 0.339 e. The zero-order valence-corrected chi connectivity index (χ0v) is 18.1. The largest absolute Gasteiger partial charge is 0.452 e. The van der Waals surface area contributed by atoms with E-state index < -0.39 is 18.5 Å². The maximum absolute atomic E-state index is 12.5. The number of thioether (sulfide) groups is 1. The molecule has 1 N–H and O–H groups in total. The van der Waals surface area contributed by atoms with Gasteiger partial charge in [-0.2, -0.15) is 0 Å². The van der Waals surface area contributed by atoms with Gasteiger partial charge in [-0.3, -0.25) is 9.59 Å². The van der Waals surface area contributed by atoms with E-state index in [1.54, 1.807) is 42.5 Å². The lowest BCUT2D eigenvalue weighted by Gasteiger charge is -2.15. The highest BCUT2D eigenvalue weighted by atomic mass is 79.9. The molecule has 0 atom stereocenters. The van der Waals surface area contributed by atoms with Crippen LogP contribution in [0, 0.1) is 0 Å². The monoisotopic (exact) mass is 476 g/mol. The van der Waals surface area contributed by atoms with E-state index in [0.29, 0.717) is 16.1 Å². The summed E-state index contributed by atoms with van der Waals surface area (Å²) in [4.78, 5) is 39.3. The molecule has 1 fully saturated rings. The van der Waals surface area contributed by atoms with Gasteiger partial charge in [-0.05, 0) is 43.2 Å². The standard InChI is InChI=1S/C21H21BrN2O4S/c22-15-6-5-7-16(12-15)23-19(25)13-28-21(27)17-8-1-2-9-18(17)29-14-20(26)24-10-3-4-11-24/h1-2,5-9,12H,3-4,10-11,13-14H2,(H,23,25). The van der Waals surface area contributed by atoms with Crippen LogP contribution < -0.4 is 5.32 Å². The fourth-order valence-electron chi connectivity index (χ4n) is 2.93. The van der Waals surface area contributed by atoms with Gasteiger partial charge in [0.15, 0.2) is 6.61 Å². The molecule has 152 valence electrons. The van der Waals surface area contributed by atoms with E-state index in [1.165, 1.54) is 11.8 Å². The molecule has 0 spiro atoms. The third kappa shape index (κ3) is 6.33. The first-order chi connectivity index (χ1) is 14.0. The van der Waals surface area contributed by atoms with E-state index in [2.05, 4.69) is 21.2 Å². The number of hydrogen-bond acceptors (Lipinski definition) is 5. The smallest absolute Gasteiger partial charge is 0.339 e. The summed E-state index contributed by atoms with van der Waals surface area (Å²) in [5.41, 5.74) is 0.957. The highest BCUT2D eigenvalue weighted by molar-refractivity contribution is 9.10. The van der Waals surface area contributed by atoms with Crippen LogP contribution in [0.2, 0.25) is 0 Å². The summed E-state index contributed by atoms with van der Waals surface area (Å²) in [5, 5.41) is 2.67. The molecule has 2 aromatic rings. The van der Waals surface area contributed by atoms with Crippen LogP contribution in [0.25, 0.3) is 0 Å². The van der Waals surface area contributed by atoms with E-state index >= 15 is 0 Å². The van der Waals surface area contributed by atoms with E-state index in [1.807, 2.05) is 11.0 Å². The minimum atomic E-state index is -0.592. The van der Waals surface area contributed by atoms with Gasteiger partial charge in [-0.15, -0.1) is 11.8 Å². The molecular weight excluding hydrogens is 456 g/mol. The number of anilines is 1. The molecule has 6 nitrogen and oxygen atoms in total. The average Bonchev–Trinajstić information content (AvgIpc) is 3.25. The molecular formula is C21H21BrN2O4S. The predicted molar refractivity (Wildman–Crippen MR) is 116 cm³/mol. The Morgan fingerprint density at radius 1 is 1.07 bits per heavy atom. The second-order valence-corrected chi connectivity index (χ2v) is 8.44. The van der Waals surface area contributed by atoms with E-state index in [-0.39, 0.29) is 11.7 Å². The first-order valence-electron chi connectivity index (χ1n) is 9.25. The number of nitrogens with one attached hydrogen (secondary N) is 1. The molecule has 1 aliphatic rings. The second kappa shape index (κ2) is 10.5. The molecule has 0 saturated carbocycles. The summed E-state index contributed by atoms with van der Waals surface area (Å²) >= 11 is 4.64. The van der Waals surface area contributed by atoms with Gasteiger partial charge in [0.1, 0.15) is 0 Å². The van der Waals surface area contributed by atoms with Gasteiger partial charge >= 0.3 is 5.97 Å². The third-order valence-corrected chi connectivity index (χ3v) is 5.91. The molecule has 1 heterocycles. The Kier molecular flexibility index (Phi) is 7.71. The second-order valence-electron chi connectivity index (χ2n) is 6.51. The minimum Gasteiger partial charge on any atom is -0.452 e. The zero-order valence-electron chi connectivity index (χ0n) is 15.7. The Hall–Kier alpha value is -2.32. The van der Waals surface area contributed by atoms with Crippen molar-refractivity contribution < 1.29 is 19.1 Å². The van der Waals surface area contributed by atoms with Crippen molar-refractivity contribution >= 4 is 51.2 Å². The van der Waals surface area contributed by atoms with Gasteiger partial charge in [-0.1, -0.05) is 34.1 Å². The quantitative estimate of drug-likeness (QED) is 0.483. The normalized spacial score (nSPS) is 13.2. The molecule has 0 unspecified atom stereocenters. The highest BCUT2D eigenvalue weighted by Crippen LogP contribution is 2.24. The summed E-state index contributed by atoms with van der Waals surface area (Å²) in [6.07, 6.45) is 2.09. The summed E-state index contributed by atoms with van der Waals surface area (Å²) in [6, 6.07) is 14.1. The van der Waals surface area contributed by atoms with Gasteiger partial charge in [0.2, 0.25) is 5.91 Å². The molecule has 0 aliphatic carbocycles. The fraction of sp³-hybridized carbons (Fsp3) is 0.286. The number of carbonyl (C=O) groups is 3. The first kappa shape index (κ1) is 21.4. The Morgan fingerprint density at radius 3 is 2.59 bits per heavy atom. The molecule has 0 radical (unpaired) electrons. The number of esters is 1. The van der Waals surface area contributed by atoms with E-state index in [9.17, 15) is 14.4 Å². The molecule has 8 heteroatoms. The average molecular weight is 477 g/mol. The van der Waals surface area contributed by atoms with Crippen LogP contribution in [0.15, 0.2) is 57.9 Å². The van der Waals surface area contributed by atoms with Crippen LogP contribution in [0.3, 0.4) is 0 Å². The molecule has 0 bridgehead atoms. The number of rotatable bonds is 7. The van der Waals surface area contributed by atoms with Gasteiger partial charge in [0.05, 0.1) is 11.3 Å². The van der Waals surface area contributed by atoms with E-state index in [0.717, 1.165) is 30.4 Å². The van der Waals surface area contributed by atoms with Gasteiger partial charge < -0.3 is 15.0 Å². The zero-order chi connectivity index (χ0) is 20.6. The Labute approximate surface area is 182 Å². The number of halogens is 1. The molecule has 0 aromatic heterocycles. The molecule has 2 aromatic carbocycles. The maximum atomic E-state index is 12.5. The van der Waals surface area contributed by atoms with E-state index in [4.69, 9.17) is 4.74 Å². The van der Waals surface area contributed by atoms with Crippen molar-refractivity contribution in [3.8, 4) is 0 Å². The van der Waals surface area contributed by atoms with Crippen molar-refractivity contribution in [2.45, 2.75) is 17.7 Å². The van der Waals surface area contributed by atoms with Gasteiger partial charge in [0.25, 0.3) is 5.91 Å². The van der Waals surface area contributed by atoms with Crippen LogP contribution in [0.4, 0.5) is 5.69 Å². The molecule has 2 amide bonds. The Balaban J connectivity index is 1.53. The summed E-state index contributed by atoms with van der Waals surface area (Å²) in [5.74, 6) is -0.672. The number of nitrogens with zero attached hydrogens (tertiary/aromatic N) is 1. The lowest BCUT2D eigenvalue weighted by atomic mass is 10.2. The number of carbonyl (C=O) groups excluding carboxylic acids is 3. The topological polar surface area (TPSA) is 75.7 Å². The summed E-state index contributed by atoms with van der Waals surface area (Å²) in [7, 11) is 0. The minimum absolute atomic E-state index is 0.0732. The van der Waals surface area contributed by atoms with Crippen LogP contribution in [-0.4, -0.2) is 48.1 Å². The van der Waals surface area contributed by atoms with Crippen molar-refractivity contribution in [2.75, 3.05) is 30.8 Å². The first-order valence-corrected chi connectivity index (χ1v) is 11.0. The van der Waals surface area contributed by atoms with Crippen molar-refractivity contribution in [3.63, 3.8) is 0 Å². The number of ether oxygens (including phenoxy) is 1. The van der Waals surface area contributed by atoms with Crippen molar-refractivity contribution in [1.29, 1.82) is 0 Å². The van der Waals surface area contributed by atoms with Crippen LogP contribution in [0.1, 0.15) is 23.2 Å². The third-order valence-electron chi connectivity index (χ3n) is 4.36. The Morgan fingerprint density at radius 2 is 1.83 bits per heavy atom. The molecule has 3 rings (SSSR count). The predicted octanol–water partition coefficient (Wildman–Crippen LogP) is 3.96. The number of amides is 2. The molecule has 1 aliphatic heterocycles. The van der Waals surface area contributed by atoms with Crippen LogP contribution >= 0.6 is 27.7 Å². The van der Waals surface area contributed by atoms with Gasteiger partial charge in [0, 0.05) is 28.1 Å². The van der Waals surface area contributed by atoms with Crippen molar-refractivity contribution in [3.05, 3.63) is 58.6 Å². The Bertz CT molecular complexity index is 900. The van der Waals surface area contributed by atoms with Crippen molar-refractivity contribution in [1.82, 2.24) is 4.90 Å². The molecule has 1 saturated heterocycles. The summed E-state index contributed by atoms with van der Waals surface area (Å²) < 4.78 is 6.00. The SMILES string of the molecule is O=C(COC(=O)c1ccccc1SCC(=O)N1CCCC1)Nc1cccc(Br)c1. The fourth-order valence-corrected chi connectivity index (χ4v) is 4.27. The summed E-state index contributed by atoms with van der Waals surface area (Å²) in [6.45, 7) is 1.21. The number of likely N-dealkylation sites (tertiary alicyclic amines) is 1. The van der Waals surface area contributed by atoms with Crippen LogP contribution in [0.5, 0.6) is 0 Å².